The Morgan fingerprint density at radius 1 is 1.29 bits per heavy atom. The normalized spacial score (nSPS) is 25.2. The number of halogens is 2. The number of rotatable bonds is 2. The first kappa shape index (κ1) is 13.3. The maximum atomic E-state index is 6.01. The fourth-order valence-corrected chi connectivity index (χ4v) is 2.93. The molecule has 0 unspecified atom stereocenters. The summed E-state index contributed by atoms with van der Waals surface area (Å²) >= 11 is 9.34. The monoisotopic (exact) mass is 316 g/mol. The molecule has 0 atom stereocenters. The van der Waals surface area contributed by atoms with Crippen LogP contribution in [0.1, 0.15) is 51.3 Å². The minimum absolute atomic E-state index is 0.496. The molecule has 17 heavy (non-hydrogen) atoms. The summed E-state index contributed by atoms with van der Waals surface area (Å²) in [5.74, 6) is 3.08. The molecule has 2 nitrogen and oxygen atoms in total. The van der Waals surface area contributed by atoms with Crippen molar-refractivity contribution in [3.8, 4) is 0 Å². The lowest BCUT2D eigenvalue weighted by Crippen LogP contribution is -2.18. The van der Waals surface area contributed by atoms with Crippen LogP contribution in [-0.4, -0.2) is 9.97 Å². The van der Waals surface area contributed by atoms with Gasteiger partial charge in [0.25, 0.3) is 0 Å². The maximum absolute atomic E-state index is 6.01. The highest BCUT2D eigenvalue weighted by Gasteiger charge is 2.26. The van der Waals surface area contributed by atoms with Crippen LogP contribution >= 0.6 is 27.5 Å². The molecule has 4 heteroatoms. The van der Waals surface area contributed by atoms with Crippen LogP contribution in [0.5, 0.6) is 0 Å². The Hall–Kier alpha value is -0.150. The van der Waals surface area contributed by atoms with E-state index in [9.17, 15) is 0 Å². The van der Waals surface area contributed by atoms with Crippen molar-refractivity contribution >= 4 is 27.5 Å². The van der Waals surface area contributed by atoms with Gasteiger partial charge in [0.2, 0.25) is 0 Å². The summed E-state index contributed by atoms with van der Waals surface area (Å²) in [7, 11) is 0. The van der Waals surface area contributed by atoms with Gasteiger partial charge >= 0.3 is 0 Å². The standard InChI is InChI=1S/C13H18BrClN2/c1-8(2)9-3-5-10(6-4-9)13-16-7-11(14)12(15)17-13/h7-10H,3-6H2,1-2H3. The van der Waals surface area contributed by atoms with E-state index in [0.29, 0.717) is 11.1 Å². The molecule has 1 heterocycles. The van der Waals surface area contributed by atoms with Crippen LogP contribution in [0, 0.1) is 11.8 Å². The van der Waals surface area contributed by atoms with E-state index in [-0.39, 0.29) is 0 Å². The Morgan fingerprint density at radius 2 is 1.94 bits per heavy atom. The van der Waals surface area contributed by atoms with Gasteiger partial charge in [-0.2, -0.15) is 0 Å². The molecular weight excluding hydrogens is 300 g/mol. The van der Waals surface area contributed by atoms with Gasteiger partial charge in [-0.25, -0.2) is 9.97 Å². The molecule has 0 bridgehead atoms. The summed E-state index contributed by atoms with van der Waals surface area (Å²) in [6.45, 7) is 4.63. The third kappa shape index (κ3) is 3.19. The Labute approximate surface area is 116 Å². The zero-order valence-corrected chi connectivity index (χ0v) is 12.6. The molecule has 1 aliphatic carbocycles. The second-order valence-electron chi connectivity index (χ2n) is 5.22. The van der Waals surface area contributed by atoms with Crippen molar-refractivity contribution in [1.82, 2.24) is 9.97 Å². The Morgan fingerprint density at radius 3 is 2.47 bits per heavy atom. The SMILES string of the molecule is CC(C)C1CCC(c2ncc(Br)c(Cl)n2)CC1. The minimum atomic E-state index is 0.496. The van der Waals surface area contributed by atoms with Crippen LogP contribution in [0.4, 0.5) is 0 Å². The molecular formula is C13H18BrClN2. The zero-order valence-electron chi connectivity index (χ0n) is 10.3. The average molecular weight is 318 g/mol. The second kappa shape index (κ2) is 5.66. The Bertz CT molecular complexity index is 387. The molecule has 0 aliphatic heterocycles. The van der Waals surface area contributed by atoms with Gasteiger partial charge in [0.05, 0.1) is 4.47 Å². The fraction of sp³-hybridized carbons (Fsp3) is 0.692. The number of hydrogen-bond donors (Lipinski definition) is 0. The van der Waals surface area contributed by atoms with Gasteiger partial charge in [-0.15, -0.1) is 0 Å². The molecule has 1 saturated carbocycles. The summed E-state index contributed by atoms with van der Waals surface area (Å²) in [4.78, 5) is 8.76. The van der Waals surface area contributed by atoms with Crippen molar-refractivity contribution < 1.29 is 0 Å². The van der Waals surface area contributed by atoms with Gasteiger partial charge in [0.1, 0.15) is 11.0 Å². The molecule has 0 N–H and O–H groups in total. The van der Waals surface area contributed by atoms with Crippen molar-refractivity contribution in [3.63, 3.8) is 0 Å². The van der Waals surface area contributed by atoms with Crippen molar-refractivity contribution in [3.05, 3.63) is 21.6 Å². The highest BCUT2D eigenvalue weighted by molar-refractivity contribution is 9.10. The number of aromatic nitrogens is 2. The van der Waals surface area contributed by atoms with E-state index in [4.69, 9.17) is 11.6 Å². The molecule has 0 radical (unpaired) electrons. The van der Waals surface area contributed by atoms with Crippen molar-refractivity contribution in [2.45, 2.75) is 45.4 Å². The van der Waals surface area contributed by atoms with Crippen molar-refractivity contribution in [2.24, 2.45) is 11.8 Å². The van der Waals surface area contributed by atoms with Crippen molar-refractivity contribution in [1.29, 1.82) is 0 Å². The summed E-state index contributed by atoms with van der Waals surface area (Å²) in [6.07, 6.45) is 6.74. The van der Waals surface area contributed by atoms with Gasteiger partial charge in [-0.05, 0) is 53.4 Å². The maximum Gasteiger partial charge on any atom is 0.146 e. The highest BCUT2D eigenvalue weighted by atomic mass is 79.9. The first-order valence-electron chi connectivity index (χ1n) is 6.26. The molecule has 94 valence electrons. The van der Waals surface area contributed by atoms with E-state index in [1.807, 2.05) is 0 Å². The molecule has 2 rings (SSSR count). The van der Waals surface area contributed by atoms with Crippen molar-refractivity contribution in [2.75, 3.05) is 0 Å². The molecule has 0 saturated heterocycles. The van der Waals surface area contributed by atoms with E-state index in [2.05, 4.69) is 39.7 Å². The molecule has 1 fully saturated rings. The number of nitrogens with zero attached hydrogens (tertiary/aromatic N) is 2. The largest absolute Gasteiger partial charge is 0.240 e. The van der Waals surface area contributed by atoms with E-state index in [1.54, 1.807) is 6.20 Å². The zero-order chi connectivity index (χ0) is 12.4. The highest BCUT2D eigenvalue weighted by Crippen LogP contribution is 2.37. The topological polar surface area (TPSA) is 25.8 Å². The van der Waals surface area contributed by atoms with Gasteiger partial charge in [-0.3, -0.25) is 0 Å². The fourth-order valence-electron chi connectivity index (χ4n) is 2.60. The molecule has 1 aromatic rings. The van der Waals surface area contributed by atoms with Crippen LogP contribution in [0.2, 0.25) is 5.15 Å². The minimum Gasteiger partial charge on any atom is -0.240 e. The average Bonchev–Trinajstić information content (AvgIpc) is 2.33. The van der Waals surface area contributed by atoms with Crippen LogP contribution in [0.15, 0.2) is 10.7 Å². The quantitative estimate of drug-likeness (QED) is 0.731. The molecule has 0 aromatic carbocycles. The summed E-state index contributed by atoms with van der Waals surface area (Å²) in [5.41, 5.74) is 0. The third-order valence-corrected chi connectivity index (χ3v) is 4.90. The smallest absolute Gasteiger partial charge is 0.146 e. The van der Waals surface area contributed by atoms with E-state index in [0.717, 1.165) is 22.1 Å². The molecule has 0 spiro atoms. The Kier molecular flexibility index (Phi) is 4.42. The van der Waals surface area contributed by atoms with E-state index < -0.39 is 0 Å². The Balaban J connectivity index is 2.03. The van der Waals surface area contributed by atoms with E-state index in [1.165, 1.54) is 25.7 Å². The molecule has 1 aromatic heterocycles. The van der Waals surface area contributed by atoms with Crippen LogP contribution in [0.25, 0.3) is 0 Å². The van der Waals surface area contributed by atoms with Gasteiger partial charge < -0.3 is 0 Å². The summed E-state index contributed by atoms with van der Waals surface area (Å²) in [6, 6.07) is 0. The lowest BCUT2D eigenvalue weighted by molar-refractivity contribution is 0.254. The lowest BCUT2D eigenvalue weighted by Gasteiger charge is -2.30. The van der Waals surface area contributed by atoms with Gasteiger partial charge in [0, 0.05) is 12.1 Å². The van der Waals surface area contributed by atoms with E-state index >= 15 is 0 Å². The van der Waals surface area contributed by atoms with Crippen LogP contribution in [0.3, 0.4) is 0 Å². The predicted molar refractivity (Wildman–Crippen MR) is 74.3 cm³/mol. The second-order valence-corrected chi connectivity index (χ2v) is 6.44. The van der Waals surface area contributed by atoms with Crippen LogP contribution in [-0.2, 0) is 0 Å². The molecule has 0 amide bonds. The predicted octanol–water partition coefficient (Wildman–Crippen LogP) is 4.82. The van der Waals surface area contributed by atoms with Gasteiger partial charge in [0.15, 0.2) is 0 Å². The summed E-state index contributed by atoms with van der Waals surface area (Å²) in [5, 5.41) is 0.529. The molecule has 1 aliphatic rings. The first-order valence-corrected chi connectivity index (χ1v) is 7.43. The third-order valence-electron chi connectivity index (χ3n) is 3.80. The summed E-state index contributed by atoms with van der Waals surface area (Å²) < 4.78 is 0.777. The van der Waals surface area contributed by atoms with Gasteiger partial charge in [-0.1, -0.05) is 25.4 Å². The number of hydrogen-bond acceptors (Lipinski definition) is 2. The van der Waals surface area contributed by atoms with Crippen LogP contribution < -0.4 is 0 Å². The lowest BCUT2D eigenvalue weighted by atomic mass is 9.77. The first-order chi connectivity index (χ1) is 8.08.